The normalized spacial score (nSPS) is 15.1. The molecule has 1 fully saturated rings. The molecule has 0 radical (unpaired) electrons. The molecule has 154 valence electrons. The van der Waals surface area contributed by atoms with Crippen molar-refractivity contribution in [1.29, 1.82) is 0 Å². The second-order valence-electron chi connectivity index (χ2n) is 7.59. The molecule has 0 unspecified atom stereocenters. The van der Waals surface area contributed by atoms with Crippen molar-refractivity contribution in [3.05, 3.63) is 70.5 Å². The number of hydrogen-bond acceptors (Lipinski definition) is 2. The topological polar surface area (TPSA) is 49.4 Å². The third-order valence-corrected chi connectivity index (χ3v) is 5.65. The Balaban J connectivity index is 1.78. The van der Waals surface area contributed by atoms with E-state index in [4.69, 9.17) is 11.6 Å². The van der Waals surface area contributed by atoms with E-state index in [1.54, 1.807) is 43.3 Å². The van der Waals surface area contributed by atoms with Gasteiger partial charge in [0.25, 0.3) is 0 Å². The van der Waals surface area contributed by atoms with Crippen molar-refractivity contribution in [3.63, 3.8) is 0 Å². The van der Waals surface area contributed by atoms with Gasteiger partial charge in [-0.2, -0.15) is 0 Å². The van der Waals surface area contributed by atoms with E-state index >= 15 is 0 Å². The van der Waals surface area contributed by atoms with Crippen molar-refractivity contribution in [2.24, 2.45) is 0 Å². The van der Waals surface area contributed by atoms with Gasteiger partial charge in [0, 0.05) is 23.2 Å². The van der Waals surface area contributed by atoms with Crippen LogP contribution in [0.3, 0.4) is 0 Å². The zero-order valence-corrected chi connectivity index (χ0v) is 17.3. The highest BCUT2D eigenvalue weighted by Crippen LogP contribution is 2.20. The van der Waals surface area contributed by atoms with Gasteiger partial charge in [-0.3, -0.25) is 9.59 Å². The van der Waals surface area contributed by atoms with Crippen LogP contribution in [-0.4, -0.2) is 28.8 Å². The largest absolute Gasteiger partial charge is 0.352 e. The molecule has 0 aromatic heterocycles. The summed E-state index contributed by atoms with van der Waals surface area (Å²) in [4.78, 5) is 27.4. The Hall–Kier alpha value is -2.40. The minimum absolute atomic E-state index is 0.0331. The van der Waals surface area contributed by atoms with Crippen LogP contribution in [0.5, 0.6) is 0 Å². The molecule has 2 amide bonds. The van der Waals surface area contributed by atoms with Crippen LogP contribution < -0.4 is 5.32 Å². The first-order valence-electron chi connectivity index (χ1n) is 10.0. The number of carbonyl (C=O) groups is 2. The van der Waals surface area contributed by atoms with Gasteiger partial charge in [0.2, 0.25) is 11.8 Å². The standard InChI is InChI=1S/C23H26ClFN2O2/c1-16(23(29)26-20-10-3-4-11-20)27(15-18-8-2-5-12-21(18)25)22(28)14-17-7-6-9-19(24)13-17/h2,5-9,12-13,16,20H,3-4,10-11,14-15H2,1H3,(H,26,29)/t16-/m1/s1. The molecule has 29 heavy (non-hydrogen) atoms. The highest BCUT2D eigenvalue weighted by atomic mass is 35.5. The van der Waals surface area contributed by atoms with Gasteiger partial charge in [0.15, 0.2) is 0 Å². The van der Waals surface area contributed by atoms with Gasteiger partial charge in [0.1, 0.15) is 11.9 Å². The van der Waals surface area contributed by atoms with Gasteiger partial charge in [-0.1, -0.05) is 54.8 Å². The molecular formula is C23H26ClFN2O2. The molecule has 1 aliphatic carbocycles. The molecule has 2 aromatic rings. The Morgan fingerprint density at radius 1 is 1.17 bits per heavy atom. The first-order chi connectivity index (χ1) is 13.9. The maximum atomic E-state index is 14.2. The summed E-state index contributed by atoms with van der Waals surface area (Å²) < 4.78 is 14.2. The number of hydrogen-bond donors (Lipinski definition) is 1. The maximum Gasteiger partial charge on any atom is 0.242 e. The zero-order valence-electron chi connectivity index (χ0n) is 16.5. The molecule has 0 aliphatic heterocycles. The van der Waals surface area contributed by atoms with Crippen molar-refractivity contribution in [3.8, 4) is 0 Å². The van der Waals surface area contributed by atoms with Gasteiger partial charge >= 0.3 is 0 Å². The van der Waals surface area contributed by atoms with Gasteiger partial charge in [-0.05, 0) is 43.5 Å². The number of carbonyl (C=O) groups excluding carboxylic acids is 2. The lowest BCUT2D eigenvalue weighted by Gasteiger charge is -2.30. The molecule has 1 aliphatic rings. The average Bonchev–Trinajstić information content (AvgIpc) is 3.19. The maximum absolute atomic E-state index is 14.2. The molecule has 1 atom stereocenters. The Labute approximate surface area is 176 Å². The summed E-state index contributed by atoms with van der Waals surface area (Å²) in [5, 5.41) is 3.58. The fraction of sp³-hybridized carbons (Fsp3) is 0.391. The lowest BCUT2D eigenvalue weighted by molar-refractivity contribution is -0.140. The molecule has 0 bridgehead atoms. The SMILES string of the molecule is C[C@H](C(=O)NC1CCCC1)N(Cc1ccccc1F)C(=O)Cc1cccc(Cl)c1. The highest BCUT2D eigenvalue weighted by molar-refractivity contribution is 6.30. The molecule has 0 saturated heterocycles. The molecule has 3 rings (SSSR count). The third kappa shape index (κ3) is 5.80. The number of nitrogens with one attached hydrogen (secondary N) is 1. The van der Waals surface area contributed by atoms with Crippen molar-refractivity contribution in [2.45, 2.75) is 57.7 Å². The van der Waals surface area contributed by atoms with Gasteiger partial charge in [-0.15, -0.1) is 0 Å². The summed E-state index contributed by atoms with van der Waals surface area (Å²) in [5.74, 6) is -0.839. The lowest BCUT2D eigenvalue weighted by Crippen LogP contribution is -2.50. The van der Waals surface area contributed by atoms with Gasteiger partial charge in [0.05, 0.1) is 6.42 Å². The van der Waals surface area contributed by atoms with Crippen LogP contribution in [-0.2, 0) is 22.6 Å². The van der Waals surface area contributed by atoms with Crippen LogP contribution in [0.15, 0.2) is 48.5 Å². The molecule has 1 saturated carbocycles. The Morgan fingerprint density at radius 3 is 2.59 bits per heavy atom. The van der Waals surface area contributed by atoms with Crippen molar-refractivity contribution >= 4 is 23.4 Å². The predicted octanol–water partition coefficient (Wildman–Crippen LogP) is 4.50. The summed E-state index contributed by atoms with van der Waals surface area (Å²) in [6.45, 7) is 1.73. The van der Waals surface area contributed by atoms with E-state index < -0.39 is 11.9 Å². The van der Waals surface area contributed by atoms with Crippen molar-refractivity contribution < 1.29 is 14.0 Å². The fourth-order valence-corrected chi connectivity index (χ4v) is 3.92. The number of rotatable bonds is 7. The summed E-state index contributed by atoms with van der Waals surface area (Å²) in [6, 6.07) is 12.8. The van der Waals surface area contributed by atoms with E-state index in [2.05, 4.69) is 5.32 Å². The second kappa shape index (κ2) is 9.88. The number of nitrogens with zero attached hydrogens (tertiary/aromatic N) is 1. The molecule has 6 heteroatoms. The van der Waals surface area contributed by atoms with Crippen LogP contribution in [0.25, 0.3) is 0 Å². The van der Waals surface area contributed by atoms with E-state index in [0.29, 0.717) is 10.6 Å². The van der Waals surface area contributed by atoms with Gasteiger partial charge in [-0.25, -0.2) is 4.39 Å². The van der Waals surface area contributed by atoms with Gasteiger partial charge < -0.3 is 10.2 Å². The fourth-order valence-electron chi connectivity index (χ4n) is 3.71. The smallest absolute Gasteiger partial charge is 0.242 e. The quantitative estimate of drug-likeness (QED) is 0.722. The Bertz CT molecular complexity index is 867. The molecule has 0 heterocycles. The number of amides is 2. The first kappa shape index (κ1) is 21.3. The summed E-state index contributed by atoms with van der Waals surface area (Å²) in [7, 11) is 0. The molecule has 2 aromatic carbocycles. The zero-order chi connectivity index (χ0) is 20.8. The summed E-state index contributed by atoms with van der Waals surface area (Å²) >= 11 is 6.03. The van der Waals surface area contributed by atoms with Crippen LogP contribution in [0, 0.1) is 5.82 Å². The van der Waals surface area contributed by atoms with Crippen LogP contribution in [0.4, 0.5) is 4.39 Å². The minimum Gasteiger partial charge on any atom is -0.352 e. The molecular weight excluding hydrogens is 391 g/mol. The Kier molecular flexibility index (Phi) is 7.26. The minimum atomic E-state index is -0.707. The summed E-state index contributed by atoms with van der Waals surface area (Å²) in [5.41, 5.74) is 1.14. The van der Waals surface area contributed by atoms with E-state index in [1.165, 1.54) is 11.0 Å². The molecule has 1 N–H and O–H groups in total. The number of benzene rings is 2. The van der Waals surface area contributed by atoms with Crippen molar-refractivity contribution in [1.82, 2.24) is 10.2 Å². The second-order valence-corrected chi connectivity index (χ2v) is 8.02. The average molecular weight is 417 g/mol. The third-order valence-electron chi connectivity index (χ3n) is 5.41. The summed E-state index contributed by atoms with van der Waals surface area (Å²) in [6.07, 6.45) is 4.22. The lowest BCUT2D eigenvalue weighted by atomic mass is 10.1. The molecule has 4 nitrogen and oxygen atoms in total. The predicted molar refractivity (Wildman–Crippen MR) is 112 cm³/mol. The Morgan fingerprint density at radius 2 is 1.90 bits per heavy atom. The van der Waals surface area contributed by atoms with Crippen molar-refractivity contribution in [2.75, 3.05) is 0 Å². The van der Waals surface area contributed by atoms with E-state index in [9.17, 15) is 14.0 Å². The van der Waals surface area contributed by atoms with Crippen LogP contribution >= 0.6 is 11.6 Å². The van der Waals surface area contributed by atoms with Crippen LogP contribution in [0.1, 0.15) is 43.7 Å². The monoisotopic (exact) mass is 416 g/mol. The van der Waals surface area contributed by atoms with Crippen LogP contribution in [0.2, 0.25) is 5.02 Å². The van der Waals surface area contributed by atoms with E-state index in [-0.39, 0.29) is 30.8 Å². The number of halogens is 2. The van der Waals surface area contributed by atoms with E-state index in [1.807, 2.05) is 6.07 Å². The highest BCUT2D eigenvalue weighted by Gasteiger charge is 2.29. The van der Waals surface area contributed by atoms with E-state index in [0.717, 1.165) is 31.2 Å². The molecule has 0 spiro atoms. The first-order valence-corrected chi connectivity index (χ1v) is 10.4.